The molecule has 2 aromatic carbocycles. The Morgan fingerprint density at radius 1 is 1.14 bits per heavy atom. The third-order valence-corrected chi connectivity index (χ3v) is 7.49. The van der Waals surface area contributed by atoms with Crippen LogP contribution in [0, 0.1) is 6.92 Å². The van der Waals surface area contributed by atoms with Crippen LogP contribution in [0.1, 0.15) is 30.3 Å². The van der Waals surface area contributed by atoms with Crippen molar-refractivity contribution < 1.29 is 8.42 Å². The second kappa shape index (κ2) is 7.46. The molecule has 0 saturated heterocycles. The van der Waals surface area contributed by atoms with Gasteiger partial charge in [0.15, 0.2) is 0 Å². The number of nitrogens with zero attached hydrogens (tertiary/aromatic N) is 4. The van der Waals surface area contributed by atoms with Crippen LogP contribution in [0.2, 0.25) is 0 Å². The average Bonchev–Trinajstić information content (AvgIpc) is 3.03. The van der Waals surface area contributed by atoms with Gasteiger partial charge < -0.3 is 9.47 Å². The molecule has 1 aliphatic heterocycles. The number of aromatic nitrogens is 2. The van der Waals surface area contributed by atoms with Crippen molar-refractivity contribution >= 4 is 26.7 Å². The van der Waals surface area contributed by atoms with Crippen LogP contribution in [0.3, 0.4) is 0 Å². The standard InChI is InChI=1S/C22H28N4O2S/c1-5-26-21-11-9-18(29(27,28)24(3)4)14-19(21)23-22(26)15-25-12-6-7-17-13-16(2)8-10-20(17)25/h8-11,13-14H,5-7,12,15H2,1-4H3. The summed E-state index contributed by atoms with van der Waals surface area (Å²) in [5.74, 6) is 0.968. The molecule has 2 heterocycles. The number of rotatable bonds is 5. The van der Waals surface area contributed by atoms with E-state index >= 15 is 0 Å². The van der Waals surface area contributed by atoms with E-state index in [4.69, 9.17) is 4.98 Å². The molecule has 1 aliphatic rings. The van der Waals surface area contributed by atoms with Gasteiger partial charge in [-0.1, -0.05) is 17.7 Å². The van der Waals surface area contributed by atoms with Gasteiger partial charge in [0.05, 0.1) is 22.5 Å². The van der Waals surface area contributed by atoms with Crippen molar-refractivity contribution in [2.75, 3.05) is 25.5 Å². The molecule has 0 saturated carbocycles. The summed E-state index contributed by atoms with van der Waals surface area (Å²) in [7, 11) is -0.383. The Kier molecular flexibility index (Phi) is 5.12. The van der Waals surface area contributed by atoms with Crippen molar-refractivity contribution in [3.63, 3.8) is 0 Å². The van der Waals surface area contributed by atoms with Crippen LogP contribution in [0.25, 0.3) is 11.0 Å². The fraction of sp³-hybridized carbons (Fsp3) is 0.409. The molecule has 0 N–H and O–H groups in total. The first kappa shape index (κ1) is 19.9. The molecule has 4 rings (SSSR count). The molecule has 0 spiro atoms. The maximum Gasteiger partial charge on any atom is 0.242 e. The maximum absolute atomic E-state index is 12.5. The van der Waals surface area contributed by atoms with Gasteiger partial charge in [-0.3, -0.25) is 0 Å². The third kappa shape index (κ3) is 3.53. The zero-order chi connectivity index (χ0) is 20.8. The number of hydrogen-bond acceptors (Lipinski definition) is 4. The maximum atomic E-state index is 12.5. The van der Waals surface area contributed by atoms with Gasteiger partial charge >= 0.3 is 0 Å². The van der Waals surface area contributed by atoms with Gasteiger partial charge in [0.2, 0.25) is 10.0 Å². The van der Waals surface area contributed by atoms with Gasteiger partial charge in [-0.15, -0.1) is 0 Å². The van der Waals surface area contributed by atoms with Gasteiger partial charge in [-0.25, -0.2) is 17.7 Å². The van der Waals surface area contributed by atoms with Crippen LogP contribution in [0.4, 0.5) is 5.69 Å². The molecule has 7 heteroatoms. The summed E-state index contributed by atoms with van der Waals surface area (Å²) in [5.41, 5.74) is 5.68. The number of aryl methyl sites for hydroxylation is 3. The summed E-state index contributed by atoms with van der Waals surface area (Å²) in [6.07, 6.45) is 2.25. The molecule has 3 aromatic rings. The van der Waals surface area contributed by atoms with Crippen molar-refractivity contribution in [1.29, 1.82) is 0 Å². The third-order valence-electron chi connectivity index (χ3n) is 5.68. The highest BCUT2D eigenvalue weighted by Gasteiger charge is 2.22. The molecule has 0 amide bonds. The predicted octanol–water partition coefficient (Wildman–Crippen LogP) is 3.57. The fourth-order valence-corrected chi connectivity index (χ4v) is 5.07. The van der Waals surface area contributed by atoms with Crippen LogP contribution in [0.15, 0.2) is 41.3 Å². The molecule has 29 heavy (non-hydrogen) atoms. The minimum atomic E-state index is -3.48. The summed E-state index contributed by atoms with van der Waals surface area (Å²) in [6, 6.07) is 11.9. The van der Waals surface area contributed by atoms with E-state index in [0.717, 1.165) is 42.8 Å². The van der Waals surface area contributed by atoms with Crippen LogP contribution in [-0.4, -0.2) is 42.9 Å². The van der Waals surface area contributed by atoms with E-state index in [9.17, 15) is 8.42 Å². The topological polar surface area (TPSA) is 58.4 Å². The van der Waals surface area contributed by atoms with Gasteiger partial charge in [0.1, 0.15) is 5.82 Å². The Hall–Kier alpha value is -2.38. The molecule has 154 valence electrons. The molecule has 6 nitrogen and oxygen atoms in total. The van der Waals surface area contributed by atoms with E-state index in [2.05, 4.69) is 41.5 Å². The van der Waals surface area contributed by atoms with Crippen molar-refractivity contribution in [1.82, 2.24) is 13.9 Å². The Bertz CT molecular complexity index is 1170. The fourth-order valence-electron chi connectivity index (χ4n) is 4.14. The Balaban J connectivity index is 1.74. The second-order valence-electron chi connectivity index (χ2n) is 7.87. The summed E-state index contributed by atoms with van der Waals surface area (Å²) in [6.45, 7) is 6.75. The zero-order valence-corrected chi connectivity index (χ0v) is 18.3. The minimum absolute atomic E-state index is 0.279. The van der Waals surface area contributed by atoms with Crippen LogP contribution in [-0.2, 0) is 29.5 Å². The highest BCUT2D eigenvalue weighted by atomic mass is 32.2. The Morgan fingerprint density at radius 2 is 1.93 bits per heavy atom. The lowest BCUT2D eigenvalue weighted by Crippen LogP contribution is -2.30. The number of benzene rings is 2. The van der Waals surface area contributed by atoms with E-state index in [1.54, 1.807) is 26.2 Å². The monoisotopic (exact) mass is 412 g/mol. The van der Waals surface area contributed by atoms with Gasteiger partial charge in [-0.2, -0.15) is 0 Å². The summed E-state index contributed by atoms with van der Waals surface area (Å²) in [4.78, 5) is 7.51. The molecule has 0 aliphatic carbocycles. The molecule has 0 bridgehead atoms. The van der Waals surface area contributed by atoms with Crippen molar-refractivity contribution in [2.45, 2.75) is 44.7 Å². The molecule has 0 fully saturated rings. The molecular formula is C22H28N4O2S. The predicted molar refractivity (Wildman–Crippen MR) is 117 cm³/mol. The number of anilines is 1. The number of imidazole rings is 1. The lowest BCUT2D eigenvalue weighted by atomic mass is 9.99. The normalized spacial score (nSPS) is 14.6. The first-order chi connectivity index (χ1) is 13.8. The average molecular weight is 413 g/mol. The zero-order valence-electron chi connectivity index (χ0n) is 17.5. The van der Waals surface area contributed by atoms with Crippen molar-refractivity contribution in [2.24, 2.45) is 0 Å². The van der Waals surface area contributed by atoms with Crippen LogP contribution < -0.4 is 4.90 Å². The quantitative estimate of drug-likeness (QED) is 0.643. The summed E-state index contributed by atoms with van der Waals surface area (Å²) in [5, 5.41) is 0. The summed E-state index contributed by atoms with van der Waals surface area (Å²) < 4.78 is 28.4. The van der Waals surface area contributed by atoms with E-state index in [1.165, 1.54) is 21.1 Å². The number of hydrogen-bond donors (Lipinski definition) is 0. The molecule has 0 unspecified atom stereocenters. The highest BCUT2D eigenvalue weighted by Crippen LogP contribution is 2.30. The van der Waals surface area contributed by atoms with Crippen molar-refractivity contribution in [3.8, 4) is 0 Å². The molecular weight excluding hydrogens is 384 g/mol. The lowest BCUT2D eigenvalue weighted by Gasteiger charge is -2.31. The van der Waals surface area contributed by atoms with Crippen LogP contribution >= 0.6 is 0 Å². The Morgan fingerprint density at radius 3 is 2.66 bits per heavy atom. The SMILES string of the molecule is CCn1c(CN2CCCc3cc(C)ccc32)nc2cc(S(=O)(=O)N(C)C)ccc21. The van der Waals surface area contributed by atoms with Gasteiger partial charge in [0, 0.05) is 32.9 Å². The first-order valence-electron chi connectivity index (χ1n) is 10.1. The number of fused-ring (bicyclic) bond motifs is 2. The van der Waals surface area contributed by atoms with Gasteiger partial charge in [0.25, 0.3) is 0 Å². The highest BCUT2D eigenvalue weighted by molar-refractivity contribution is 7.89. The second-order valence-corrected chi connectivity index (χ2v) is 10.0. The molecule has 1 aromatic heterocycles. The van der Waals surface area contributed by atoms with Crippen LogP contribution in [0.5, 0.6) is 0 Å². The van der Waals surface area contributed by atoms with Crippen molar-refractivity contribution in [3.05, 3.63) is 53.3 Å². The molecule has 0 radical (unpaired) electrons. The van der Waals surface area contributed by atoms with E-state index in [1.807, 2.05) is 6.07 Å². The van der Waals surface area contributed by atoms with E-state index in [0.29, 0.717) is 6.54 Å². The smallest absolute Gasteiger partial charge is 0.242 e. The lowest BCUT2D eigenvalue weighted by molar-refractivity contribution is 0.521. The summed E-state index contributed by atoms with van der Waals surface area (Å²) >= 11 is 0. The first-order valence-corrected chi connectivity index (χ1v) is 11.5. The minimum Gasteiger partial charge on any atom is -0.364 e. The van der Waals surface area contributed by atoms with E-state index in [-0.39, 0.29) is 4.90 Å². The van der Waals surface area contributed by atoms with Gasteiger partial charge in [-0.05, 0) is 56.5 Å². The molecule has 0 atom stereocenters. The number of sulfonamides is 1. The van der Waals surface area contributed by atoms with E-state index < -0.39 is 10.0 Å². The Labute approximate surface area is 172 Å². The largest absolute Gasteiger partial charge is 0.364 e.